The summed E-state index contributed by atoms with van der Waals surface area (Å²) in [5.74, 6) is -0.0587. The molecule has 4 heteroatoms. The Labute approximate surface area is 119 Å². The molecular formula is C16H21N3O. The number of rotatable bonds is 6. The van der Waals surface area contributed by atoms with E-state index in [1.54, 1.807) is 12.3 Å². The number of nitrogen functional groups attached to an aromatic ring is 1. The number of benzene rings is 1. The van der Waals surface area contributed by atoms with Gasteiger partial charge in [0.25, 0.3) is 5.91 Å². The van der Waals surface area contributed by atoms with Crippen LogP contribution in [0.1, 0.15) is 29.4 Å². The fraction of sp³-hybridized carbons (Fsp3) is 0.312. The Hall–Kier alpha value is -2.23. The van der Waals surface area contributed by atoms with Gasteiger partial charge in [-0.1, -0.05) is 30.3 Å². The zero-order valence-corrected chi connectivity index (χ0v) is 11.8. The minimum absolute atomic E-state index is 0.0587. The molecule has 1 heterocycles. The van der Waals surface area contributed by atoms with E-state index in [-0.39, 0.29) is 5.91 Å². The molecule has 1 aromatic carbocycles. The van der Waals surface area contributed by atoms with Crippen molar-refractivity contribution in [2.24, 2.45) is 0 Å². The summed E-state index contributed by atoms with van der Waals surface area (Å²) < 4.78 is 1.86. The standard InChI is InChI=1S/C16H21N3O/c1-2-19-12-14(17)11-15(19)16(20)18-10-6-9-13-7-4-3-5-8-13/h3-5,7-8,11-12H,2,6,9-10,17H2,1H3,(H,18,20). The lowest BCUT2D eigenvalue weighted by molar-refractivity contribution is 0.0944. The molecule has 1 aromatic heterocycles. The second-order valence-corrected chi connectivity index (χ2v) is 4.79. The van der Waals surface area contributed by atoms with Crippen LogP contribution in [0.4, 0.5) is 5.69 Å². The molecule has 0 aliphatic carbocycles. The molecule has 0 radical (unpaired) electrons. The second-order valence-electron chi connectivity index (χ2n) is 4.79. The van der Waals surface area contributed by atoms with Crippen LogP contribution in [0.25, 0.3) is 0 Å². The highest BCUT2D eigenvalue weighted by Gasteiger charge is 2.11. The molecule has 0 saturated carbocycles. The quantitative estimate of drug-likeness (QED) is 0.793. The van der Waals surface area contributed by atoms with E-state index in [0.717, 1.165) is 19.4 Å². The van der Waals surface area contributed by atoms with E-state index in [2.05, 4.69) is 17.4 Å². The molecule has 2 rings (SSSR count). The first-order chi connectivity index (χ1) is 9.70. The summed E-state index contributed by atoms with van der Waals surface area (Å²) in [5, 5.41) is 2.94. The van der Waals surface area contributed by atoms with Crippen LogP contribution in [0.2, 0.25) is 0 Å². The van der Waals surface area contributed by atoms with Gasteiger partial charge in [-0.2, -0.15) is 0 Å². The maximum atomic E-state index is 12.1. The topological polar surface area (TPSA) is 60.0 Å². The lowest BCUT2D eigenvalue weighted by Crippen LogP contribution is -2.26. The summed E-state index contributed by atoms with van der Waals surface area (Å²) >= 11 is 0. The molecule has 106 valence electrons. The molecule has 0 fully saturated rings. The Kier molecular flexibility index (Phi) is 4.82. The smallest absolute Gasteiger partial charge is 0.267 e. The molecule has 0 atom stereocenters. The Bertz CT molecular complexity index is 560. The lowest BCUT2D eigenvalue weighted by Gasteiger charge is -2.07. The highest BCUT2D eigenvalue weighted by Crippen LogP contribution is 2.10. The molecule has 0 aliphatic heterocycles. The minimum atomic E-state index is -0.0587. The average Bonchev–Trinajstić information content (AvgIpc) is 2.86. The van der Waals surface area contributed by atoms with Crippen LogP contribution < -0.4 is 11.1 Å². The number of carbonyl (C=O) groups is 1. The van der Waals surface area contributed by atoms with Gasteiger partial charge in [0.2, 0.25) is 0 Å². The van der Waals surface area contributed by atoms with Crippen LogP contribution in [0.5, 0.6) is 0 Å². The number of nitrogens with one attached hydrogen (secondary N) is 1. The van der Waals surface area contributed by atoms with Gasteiger partial charge in [-0.05, 0) is 31.4 Å². The van der Waals surface area contributed by atoms with Crippen LogP contribution in [0, 0.1) is 0 Å². The Balaban J connectivity index is 1.80. The van der Waals surface area contributed by atoms with E-state index in [4.69, 9.17) is 5.73 Å². The number of carbonyl (C=O) groups excluding carboxylic acids is 1. The third-order valence-corrected chi connectivity index (χ3v) is 3.26. The van der Waals surface area contributed by atoms with Gasteiger partial charge in [0.15, 0.2) is 0 Å². The van der Waals surface area contributed by atoms with Crippen molar-refractivity contribution in [1.29, 1.82) is 0 Å². The number of nitrogens with zero attached hydrogens (tertiary/aromatic N) is 1. The van der Waals surface area contributed by atoms with Crippen molar-refractivity contribution in [3.05, 3.63) is 53.9 Å². The molecule has 0 unspecified atom stereocenters. The summed E-state index contributed by atoms with van der Waals surface area (Å²) in [4.78, 5) is 12.1. The predicted molar refractivity (Wildman–Crippen MR) is 81.6 cm³/mol. The van der Waals surface area contributed by atoms with Gasteiger partial charge >= 0.3 is 0 Å². The zero-order chi connectivity index (χ0) is 14.4. The van der Waals surface area contributed by atoms with Gasteiger partial charge in [0.05, 0.1) is 5.69 Å². The molecule has 20 heavy (non-hydrogen) atoms. The largest absolute Gasteiger partial charge is 0.397 e. The van der Waals surface area contributed by atoms with Gasteiger partial charge in [-0.3, -0.25) is 4.79 Å². The normalized spacial score (nSPS) is 10.4. The average molecular weight is 271 g/mol. The first-order valence-corrected chi connectivity index (χ1v) is 6.98. The highest BCUT2D eigenvalue weighted by atomic mass is 16.1. The third-order valence-electron chi connectivity index (χ3n) is 3.26. The Morgan fingerprint density at radius 1 is 1.30 bits per heavy atom. The van der Waals surface area contributed by atoms with E-state index in [1.165, 1.54) is 5.56 Å². The number of anilines is 1. The van der Waals surface area contributed by atoms with Crippen molar-refractivity contribution in [3.63, 3.8) is 0 Å². The summed E-state index contributed by atoms with van der Waals surface area (Å²) in [6.07, 6.45) is 3.69. The van der Waals surface area contributed by atoms with Crippen molar-refractivity contribution in [3.8, 4) is 0 Å². The van der Waals surface area contributed by atoms with E-state index in [0.29, 0.717) is 17.9 Å². The third kappa shape index (κ3) is 3.63. The van der Waals surface area contributed by atoms with Crippen molar-refractivity contribution in [2.45, 2.75) is 26.3 Å². The molecule has 0 saturated heterocycles. The fourth-order valence-electron chi connectivity index (χ4n) is 2.21. The zero-order valence-electron chi connectivity index (χ0n) is 11.8. The SMILES string of the molecule is CCn1cc(N)cc1C(=O)NCCCc1ccccc1. The summed E-state index contributed by atoms with van der Waals surface area (Å²) in [7, 11) is 0. The van der Waals surface area contributed by atoms with Crippen LogP contribution in [-0.4, -0.2) is 17.0 Å². The molecule has 1 amide bonds. The molecule has 2 aromatic rings. The lowest BCUT2D eigenvalue weighted by atomic mass is 10.1. The number of aryl methyl sites for hydroxylation is 2. The first-order valence-electron chi connectivity index (χ1n) is 6.98. The number of hydrogen-bond acceptors (Lipinski definition) is 2. The predicted octanol–water partition coefficient (Wildman–Crippen LogP) is 2.45. The Morgan fingerprint density at radius 3 is 2.75 bits per heavy atom. The number of aromatic nitrogens is 1. The maximum Gasteiger partial charge on any atom is 0.267 e. The molecule has 0 aliphatic rings. The van der Waals surface area contributed by atoms with Gasteiger partial charge in [0.1, 0.15) is 5.69 Å². The van der Waals surface area contributed by atoms with E-state index < -0.39 is 0 Å². The number of amides is 1. The number of nitrogens with two attached hydrogens (primary N) is 1. The summed E-state index contributed by atoms with van der Waals surface area (Å²) in [6, 6.07) is 12.0. The van der Waals surface area contributed by atoms with Gasteiger partial charge in [-0.15, -0.1) is 0 Å². The van der Waals surface area contributed by atoms with Crippen LogP contribution >= 0.6 is 0 Å². The van der Waals surface area contributed by atoms with E-state index >= 15 is 0 Å². The van der Waals surface area contributed by atoms with Crippen molar-refractivity contribution < 1.29 is 4.79 Å². The van der Waals surface area contributed by atoms with Crippen LogP contribution in [0.15, 0.2) is 42.6 Å². The monoisotopic (exact) mass is 271 g/mol. The van der Waals surface area contributed by atoms with Gasteiger partial charge in [-0.25, -0.2) is 0 Å². The van der Waals surface area contributed by atoms with E-state index in [9.17, 15) is 4.79 Å². The molecule has 3 N–H and O–H groups in total. The maximum absolute atomic E-state index is 12.1. The van der Waals surface area contributed by atoms with Crippen molar-refractivity contribution >= 4 is 11.6 Å². The van der Waals surface area contributed by atoms with Crippen LogP contribution in [-0.2, 0) is 13.0 Å². The van der Waals surface area contributed by atoms with Crippen molar-refractivity contribution in [2.75, 3.05) is 12.3 Å². The summed E-state index contributed by atoms with van der Waals surface area (Å²) in [5.41, 5.74) is 8.27. The summed E-state index contributed by atoms with van der Waals surface area (Å²) in [6.45, 7) is 3.40. The number of hydrogen-bond donors (Lipinski definition) is 2. The minimum Gasteiger partial charge on any atom is -0.397 e. The molecule has 0 bridgehead atoms. The van der Waals surface area contributed by atoms with Gasteiger partial charge in [0, 0.05) is 19.3 Å². The second kappa shape index (κ2) is 6.80. The fourth-order valence-corrected chi connectivity index (χ4v) is 2.21. The molecule has 4 nitrogen and oxygen atoms in total. The molecular weight excluding hydrogens is 250 g/mol. The highest BCUT2D eigenvalue weighted by molar-refractivity contribution is 5.93. The molecule has 0 spiro atoms. The Morgan fingerprint density at radius 2 is 2.05 bits per heavy atom. The van der Waals surface area contributed by atoms with Crippen LogP contribution in [0.3, 0.4) is 0 Å². The van der Waals surface area contributed by atoms with Crippen molar-refractivity contribution in [1.82, 2.24) is 9.88 Å². The van der Waals surface area contributed by atoms with E-state index in [1.807, 2.05) is 29.7 Å². The van der Waals surface area contributed by atoms with Gasteiger partial charge < -0.3 is 15.6 Å². The first kappa shape index (κ1) is 14.2.